The Labute approximate surface area is 191 Å². The zero-order valence-corrected chi connectivity index (χ0v) is 20.1. The Morgan fingerprint density at radius 3 is 2.57 bits per heavy atom. The second-order valence-corrected chi connectivity index (χ2v) is 10.1. The molecular weight excluding hydrogens is 462 g/mol. The van der Waals surface area contributed by atoms with Gasteiger partial charge in [0.2, 0.25) is 5.91 Å². The van der Waals surface area contributed by atoms with Crippen LogP contribution in [0.25, 0.3) is 11.4 Å². The average molecular weight is 490 g/mol. The molecule has 1 aliphatic rings. The van der Waals surface area contributed by atoms with Gasteiger partial charge in [0, 0.05) is 16.1 Å². The Kier molecular flexibility index (Phi) is 7.59. The number of hydrogen-bond acceptors (Lipinski definition) is 5. The lowest BCUT2D eigenvalue weighted by Crippen LogP contribution is -2.49. The highest BCUT2D eigenvalue weighted by atomic mass is 79.9. The predicted octanol–water partition coefficient (Wildman–Crippen LogP) is 5.36. The molecule has 30 heavy (non-hydrogen) atoms. The van der Waals surface area contributed by atoms with Gasteiger partial charge in [-0.05, 0) is 37.8 Å². The molecule has 1 aromatic heterocycles. The summed E-state index contributed by atoms with van der Waals surface area (Å²) < 4.78 is 3.23. The minimum Gasteiger partial charge on any atom is -0.337 e. The Morgan fingerprint density at radius 2 is 1.97 bits per heavy atom. The van der Waals surface area contributed by atoms with E-state index < -0.39 is 5.54 Å². The van der Waals surface area contributed by atoms with Crippen LogP contribution in [0.4, 0.5) is 0 Å². The van der Waals surface area contributed by atoms with Crippen LogP contribution in [0.1, 0.15) is 58.9 Å². The number of carbonyl (C=O) groups is 1. The maximum Gasteiger partial charge on any atom is 0.231 e. The molecule has 0 bridgehead atoms. The van der Waals surface area contributed by atoms with Crippen molar-refractivity contribution >= 4 is 33.6 Å². The van der Waals surface area contributed by atoms with Crippen LogP contribution in [-0.4, -0.2) is 32.0 Å². The summed E-state index contributed by atoms with van der Waals surface area (Å²) in [6.07, 6.45) is 5.85. The second-order valence-electron chi connectivity index (χ2n) is 8.28. The van der Waals surface area contributed by atoms with Gasteiger partial charge in [0.05, 0.1) is 11.8 Å². The fourth-order valence-electron chi connectivity index (χ4n) is 3.60. The molecule has 1 amide bonds. The fourth-order valence-corrected chi connectivity index (χ4v) is 4.67. The number of nitriles is 1. The minimum absolute atomic E-state index is 0.0198. The van der Waals surface area contributed by atoms with E-state index in [9.17, 15) is 10.1 Å². The van der Waals surface area contributed by atoms with Crippen LogP contribution < -0.4 is 5.32 Å². The molecule has 0 saturated heterocycles. The van der Waals surface area contributed by atoms with Crippen molar-refractivity contribution in [2.24, 2.45) is 5.92 Å². The normalized spacial score (nSPS) is 16.8. The first kappa shape index (κ1) is 22.8. The lowest BCUT2D eigenvalue weighted by atomic mass is 9.90. The monoisotopic (exact) mass is 489 g/mol. The van der Waals surface area contributed by atoms with Crippen molar-refractivity contribution < 1.29 is 4.79 Å². The summed E-state index contributed by atoms with van der Waals surface area (Å²) in [5, 5.41) is 22.0. The molecule has 0 spiro atoms. The number of thioether (sulfide) groups is 1. The zero-order chi connectivity index (χ0) is 21.7. The van der Waals surface area contributed by atoms with Crippen molar-refractivity contribution in [1.29, 1.82) is 5.26 Å². The number of nitrogens with one attached hydrogen (secondary N) is 1. The molecule has 1 aliphatic carbocycles. The summed E-state index contributed by atoms with van der Waals surface area (Å²) >= 11 is 4.87. The van der Waals surface area contributed by atoms with Crippen LogP contribution in [0.5, 0.6) is 0 Å². The number of carbonyl (C=O) groups excluding carboxylic acids is 1. The van der Waals surface area contributed by atoms with Crippen molar-refractivity contribution in [2.45, 2.75) is 69.6 Å². The van der Waals surface area contributed by atoms with Gasteiger partial charge in [-0.15, -0.1) is 10.2 Å². The molecule has 1 saturated carbocycles. The van der Waals surface area contributed by atoms with Gasteiger partial charge in [-0.3, -0.25) is 9.36 Å². The SMILES string of the molecule is CC(C)C(C)(C#N)NC(=O)CSc1nnc(-c2ccc(Br)cc2)n1C1CCCCC1. The van der Waals surface area contributed by atoms with Crippen molar-refractivity contribution in [3.05, 3.63) is 28.7 Å². The Hall–Kier alpha value is -1.85. The zero-order valence-electron chi connectivity index (χ0n) is 17.7. The van der Waals surface area contributed by atoms with Gasteiger partial charge in [0.15, 0.2) is 11.0 Å². The average Bonchev–Trinajstić information content (AvgIpc) is 3.17. The standard InChI is InChI=1S/C22H28BrN5OS/c1-15(2)22(3,14-24)25-19(29)13-30-21-27-26-20(16-9-11-17(23)12-10-16)28(21)18-7-5-4-6-8-18/h9-12,15,18H,4-8,13H2,1-3H3,(H,25,29). The summed E-state index contributed by atoms with van der Waals surface area (Å²) in [6.45, 7) is 5.62. The summed E-state index contributed by atoms with van der Waals surface area (Å²) in [5.74, 6) is 0.906. The van der Waals surface area contributed by atoms with E-state index in [-0.39, 0.29) is 17.6 Å². The highest BCUT2D eigenvalue weighted by molar-refractivity contribution is 9.10. The van der Waals surface area contributed by atoms with Crippen molar-refractivity contribution in [3.63, 3.8) is 0 Å². The lowest BCUT2D eigenvalue weighted by Gasteiger charge is -2.27. The van der Waals surface area contributed by atoms with E-state index in [1.54, 1.807) is 6.92 Å². The third kappa shape index (κ3) is 5.25. The molecule has 0 aliphatic heterocycles. The van der Waals surface area contributed by atoms with Gasteiger partial charge in [-0.1, -0.05) is 72.9 Å². The summed E-state index contributed by atoms with van der Waals surface area (Å²) in [4.78, 5) is 12.6. The molecule has 8 heteroatoms. The van der Waals surface area contributed by atoms with E-state index in [4.69, 9.17) is 0 Å². The van der Waals surface area contributed by atoms with E-state index in [0.717, 1.165) is 33.9 Å². The predicted molar refractivity (Wildman–Crippen MR) is 123 cm³/mol. The van der Waals surface area contributed by atoms with E-state index in [1.807, 2.05) is 38.1 Å². The molecule has 6 nitrogen and oxygen atoms in total. The topological polar surface area (TPSA) is 83.6 Å². The summed E-state index contributed by atoms with van der Waals surface area (Å²) in [5.41, 5.74) is 0.140. The highest BCUT2D eigenvalue weighted by Gasteiger charge is 2.30. The van der Waals surface area contributed by atoms with Crippen molar-refractivity contribution in [2.75, 3.05) is 5.75 Å². The van der Waals surface area contributed by atoms with E-state index in [0.29, 0.717) is 6.04 Å². The van der Waals surface area contributed by atoms with Crippen LogP contribution >= 0.6 is 27.7 Å². The molecule has 2 aromatic rings. The molecule has 1 N–H and O–H groups in total. The first-order chi connectivity index (χ1) is 14.3. The number of halogens is 1. The fraction of sp³-hybridized carbons (Fsp3) is 0.545. The number of nitrogens with zero attached hydrogens (tertiary/aromatic N) is 4. The molecule has 1 aromatic carbocycles. The minimum atomic E-state index is -0.878. The third-order valence-electron chi connectivity index (χ3n) is 5.83. The Balaban J connectivity index is 1.81. The molecule has 3 rings (SSSR count). The van der Waals surface area contributed by atoms with Crippen LogP contribution in [-0.2, 0) is 4.79 Å². The molecule has 1 atom stereocenters. The number of hydrogen-bond donors (Lipinski definition) is 1. The third-order valence-corrected chi connectivity index (χ3v) is 7.30. The number of aromatic nitrogens is 3. The van der Waals surface area contributed by atoms with E-state index >= 15 is 0 Å². The highest BCUT2D eigenvalue weighted by Crippen LogP contribution is 2.35. The number of rotatable bonds is 7. The quantitative estimate of drug-likeness (QED) is 0.529. The summed E-state index contributed by atoms with van der Waals surface area (Å²) in [7, 11) is 0. The maximum atomic E-state index is 12.6. The lowest BCUT2D eigenvalue weighted by molar-refractivity contribution is -0.120. The molecular formula is C22H28BrN5OS. The maximum absolute atomic E-state index is 12.6. The number of benzene rings is 1. The van der Waals surface area contributed by atoms with Crippen LogP contribution in [0.2, 0.25) is 0 Å². The smallest absolute Gasteiger partial charge is 0.231 e. The number of amides is 1. The van der Waals surface area contributed by atoms with Gasteiger partial charge < -0.3 is 5.32 Å². The van der Waals surface area contributed by atoms with Gasteiger partial charge in [0.25, 0.3) is 0 Å². The molecule has 1 heterocycles. The molecule has 1 unspecified atom stereocenters. The second kappa shape index (κ2) is 9.97. The summed E-state index contributed by atoms with van der Waals surface area (Å²) in [6, 6.07) is 10.7. The molecule has 160 valence electrons. The largest absolute Gasteiger partial charge is 0.337 e. The van der Waals surface area contributed by atoms with Crippen LogP contribution in [0.15, 0.2) is 33.9 Å². The van der Waals surface area contributed by atoms with Gasteiger partial charge in [0.1, 0.15) is 5.54 Å². The van der Waals surface area contributed by atoms with Crippen LogP contribution in [0, 0.1) is 17.2 Å². The van der Waals surface area contributed by atoms with Crippen molar-refractivity contribution in [1.82, 2.24) is 20.1 Å². The van der Waals surface area contributed by atoms with Gasteiger partial charge in [-0.2, -0.15) is 5.26 Å². The molecule has 1 fully saturated rings. The Bertz CT molecular complexity index is 915. The van der Waals surface area contributed by atoms with Gasteiger partial charge in [-0.25, -0.2) is 0 Å². The van der Waals surface area contributed by atoms with Crippen molar-refractivity contribution in [3.8, 4) is 17.5 Å². The first-order valence-electron chi connectivity index (χ1n) is 10.4. The Morgan fingerprint density at radius 1 is 1.30 bits per heavy atom. The van der Waals surface area contributed by atoms with Crippen LogP contribution in [0.3, 0.4) is 0 Å². The van der Waals surface area contributed by atoms with E-state index in [2.05, 4.69) is 42.1 Å². The molecule has 0 radical (unpaired) electrons. The van der Waals surface area contributed by atoms with E-state index in [1.165, 1.54) is 31.0 Å². The first-order valence-corrected chi connectivity index (χ1v) is 12.2. The van der Waals surface area contributed by atoms with Gasteiger partial charge >= 0.3 is 0 Å².